The number of aromatic nitrogens is 4. The Morgan fingerprint density at radius 2 is 1.97 bits per heavy atom. The number of benzene rings is 1. The van der Waals surface area contributed by atoms with Crippen molar-refractivity contribution in [2.24, 2.45) is 7.05 Å². The van der Waals surface area contributed by atoms with Gasteiger partial charge < -0.3 is 15.3 Å². The summed E-state index contributed by atoms with van der Waals surface area (Å²) >= 11 is 1.54. The Balaban J connectivity index is 1.35. The van der Waals surface area contributed by atoms with E-state index in [0.717, 1.165) is 29.0 Å². The van der Waals surface area contributed by atoms with Gasteiger partial charge in [-0.1, -0.05) is 32.9 Å². The number of aromatic amines is 1. The van der Waals surface area contributed by atoms with Gasteiger partial charge in [0.15, 0.2) is 5.82 Å². The normalized spacial score (nSPS) is 15.3. The molecule has 10 heteroatoms. The smallest absolute Gasteiger partial charge is 0.290 e. The number of anilines is 3. The SMILES string of the molecule is Cn1nc(-c2cccc(N3Cc4cc(C(C)(C)C)sc4C3=O)c2CO)cc(Nc2cc(C3CC3)[nH]n2)c1=O. The van der Waals surface area contributed by atoms with Crippen molar-refractivity contribution in [1.82, 2.24) is 20.0 Å². The van der Waals surface area contributed by atoms with E-state index in [1.54, 1.807) is 29.4 Å². The van der Waals surface area contributed by atoms with Gasteiger partial charge in [-0.2, -0.15) is 10.2 Å². The van der Waals surface area contributed by atoms with Crippen LogP contribution in [-0.2, 0) is 25.6 Å². The number of aliphatic hydroxyl groups is 1. The first kappa shape index (κ1) is 24.6. The van der Waals surface area contributed by atoms with Gasteiger partial charge in [0.25, 0.3) is 11.5 Å². The maximum Gasteiger partial charge on any atom is 0.290 e. The number of nitrogens with zero attached hydrogens (tertiary/aromatic N) is 4. The standard InChI is InChI=1S/C28H30N6O3S/c1-28(2,3)23-10-16-13-34(27(37)25(16)38-23)22-7-5-6-17(18(22)14-35)20-11-21(26(36)33(4)32-20)29-24-12-19(30-31-24)15-8-9-15/h5-7,10-12,15,35H,8-9,13-14H2,1-4H3,(H2,29,30,31). The van der Waals surface area contributed by atoms with E-state index >= 15 is 0 Å². The zero-order valence-corrected chi connectivity index (χ0v) is 22.6. The number of rotatable bonds is 6. The second-order valence-corrected chi connectivity index (χ2v) is 12.1. The molecule has 38 heavy (non-hydrogen) atoms. The third-order valence-electron chi connectivity index (χ3n) is 7.13. The minimum Gasteiger partial charge on any atom is -0.392 e. The highest BCUT2D eigenvalue weighted by atomic mass is 32.1. The fourth-order valence-corrected chi connectivity index (χ4v) is 6.04. The van der Waals surface area contributed by atoms with Crippen LogP contribution in [0.15, 0.2) is 41.2 Å². The van der Waals surface area contributed by atoms with Gasteiger partial charge >= 0.3 is 0 Å². The summed E-state index contributed by atoms with van der Waals surface area (Å²) in [6, 6.07) is 11.3. The van der Waals surface area contributed by atoms with E-state index in [9.17, 15) is 14.7 Å². The number of amides is 1. The monoisotopic (exact) mass is 530 g/mol. The van der Waals surface area contributed by atoms with E-state index in [1.807, 2.05) is 24.3 Å². The highest BCUT2D eigenvalue weighted by molar-refractivity contribution is 7.14. The summed E-state index contributed by atoms with van der Waals surface area (Å²) in [7, 11) is 1.59. The van der Waals surface area contributed by atoms with Crippen LogP contribution in [0.1, 0.15) is 70.9 Å². The van der Waals surface area contributed by atoms with Crippen molar-refractivity contribution in [2.75, 3.05) is 10.2 Å². The number of thiophene rings is 1. The molecule has 4 heterocycles. The molecule has 1 aromatic carbocycles. The number of hydrogen-bond acceptors (Lipinski definition) is 7. The lowest BCUT2D eigenvalue weighted by Gasteiger charge is -2.22. The van der Waals surface area contributed by atoms with Crippen molar-refractivity contribution in [2.45, 2.75) is 58.1 Å². The summed E-state index contributed by atoms with van der Waals surface area (Å²) in [5, 5.41) is 25.4. The summed E-state index contributed by atoms with van der Waals surface area (Å²) in [6.45, 7) is 6.60. The molecule has 1 fully saturated rings. The summed E-state index contributed by atoms with van der Waals surface area (Å²) in [5.74, 6) is 1.02. The molecule has 4 aromatic rings. The van der Waals surface area contributed by atoms with Gasteiger partial charge in [-0.25, -0.2) is 4.68 Å². The molecule has 1 amide bonds. The molecule has 2 aliphatic rings. The van der Waals surface area contributed by atoms with Crippen LogP contribution in [0.2, 0.25) is 0 Å². The number of hydrogen-bond donors (Lipinski definition) is 3. The molecular formula is C28H30N6O3S. The van der Waals surface area contributed by atoms with Gasteiger partial charge in [0, 0.05) is 40.7 Å². The van der Waals surface area contributed by atoms with Gasteiger partial charge in [0.05, 0.1) is 29.4 Å². The first-order valence-corrected chi connectivity index (χ1v) is 13.5. The van der Waals surface area contributed by atoms with Crippen molar-refractivity contribution < 1.29 is 9.90 Å². The zero-order valence-electron chi connectivity index (χ0n) is 21.8. The molecule has 196 valence electrons. The lowest BCUT2D eigenvalue weighted by Crippen LogP contribution is -2.25. The fraction of sp³-hybridized carbons (Fsp3) is 0.357. The molecule has 0 atom stereocenters. The van der Waals surface area contributed by atoms with E-state index in [0.29, 0.717) is 46.5 Å². The Morgan fingerprint density at radius 1 is 1.18 bits per heavy atom. The Hall–Kier alpha value is -3.76. The average Bonchev–Trinajstić information content (AvgIpc) is 3.33. The van der Waals surface area contributed by atoms with E-state index in [1.165, 1.54) is 9.56 Å². The highest BCUT2D eigenvalue weighted by Gasteiger charge is 2.34. The summed E-state index contributed by atoms with van der Waals surface area (Å²) in [4.78, 5) is 30.0. The molecule has 1 aliphatic heterocycles. The van der Waals surface area contributed by atoms with Gasteiger partial charge in [0.2, 0.25) is 0 Å². The molecule has 9 nitrogen and oxygen atoms in total. The van der Waals surface area contributed by atoms with Crippen LogP contribution in [0.25, 0.3) is 11.3 Å². The molecule has 1 aliphatic carbocycles. The van der Waals surface area contributed by atoms with Crippen LogP contribution in [0.5, 0.6) is 0 Å². The zero-order chi connectivity index (χ0) is 26.8. The van der Waals surface area contributed by atoms with Crippen molar-refractivity contribution in [3.63, 3.8) is 0 Å². The van der Waals surface area contributed by atoms with Crippen LogP contribution in [-0.4, -0.2) is 31.0 Å². The molecule has 3 N–H and O–H groups in total. The predicted octanol–water partition coefficient (Wildman–Crippen LogP) is 4.80. The maximum absolute atomic E-state index is 13.4. The average molecular weight is 531 g/mol. The molecule has 0 unspecified atom stereocenters. The van der Waals surface area contributed by atoms with Gasteiger partial charge in [-0.15, -0.1) is 11.3 Å². The van der Waals surface area contributed by atoms with Crippen LogP contribution in [0.4, 0.5) is 17.2 Å². The molecule has 1 saturated carbocycles. The van der Waals surface area contributed by atoms with Crippen LogP contribution < -0.4 is 15.8 Å². The number of aryl methyl sites for hydroxylation is 1. The second kappa shape index (κ2) is 8.92. The number of carbonyl (C=O) groups excluding carboxylic acids is 1. The first-order chi connectivity index (χ1) is 18.1. The summed E-state index contributed by atoms with van der Waals surface area (Å²) < 4.78 is 1.27. The Bertz CT molecular complexity index is 1620. The van der Waals surface area contributed by atoms with E-state index in [4.69, 9.17) is 0 Å². The van der Waals surface area contributed by atoms with Crippen molar-refractivity contribution in [3.8, 4) is 11.3 Å². The topological polar surface area (TPSA) is 116 Å². The minimum absolute atomic E-state index is 0.0215. The first-order valence-electron chi connectivity index (χ1n) is 12.7. The van der Waals surface area contributed by atoms with Gasteiger partial charge in [0.1, 0.15) is 5.69 Å². The lowest BCUT2D eigenvalue weighted by molar-refractivity contribution is 0.0999. The Kier molecular flexibility index (Phi) is 5.77. The molecule has 0 saturated heterocycles. The number of nitrogens with one attached hydrogen (secondary N) is 2. The van der Waals surface area contributed by atoms with Gasteiger partial charge in [-0.05, 0) is 42.0 Å². The summed E-state index contributed by atoms with van der Waals surface area (Å²) in [5.41, 5.74) is 4.48. The molecule has 0 bridgehead atoms. The largest absolute Gasteiger partial charge is 0.392 e. The number of H-pyrrole nitrogens is 1. The summed E-state index contributed by atoms with van der Waals surface area (Å²) in [6.07, 6.45) is 2.29. The minimum atomic E-state index is -0.291. The van der Waals surface area contributed by atoms with Crippen molar-refractivity contribution >= 4 is 34.4 Å². The lowest BCUT2D eigenvalue weighted by atomic mass is 9.94. The van der Waals surface area contributed by atoms with Crippen LogP contribution in [0.3, 0.4) is 0 Å². The molecular weight excluding hydrogens is 500 g/mol. The second-order valence-electron chi connectivity index (χ2n) is 11.0. The highest BCUT2D eigenvalue weighted by Crippen LogP contribution is 2.41. The van der Waals surface area contributed by atoms with Crippen molar-refractivity contribution in [3.05, 3.63) is 73.3 Å². The number of fused-ring (bicyclic) bond motifs is 1. The maximum atomic E-state index is 13.4. The molecule has 0 spiro atoms. The van der Waals surface area contributed by atoms with E-state index < -0.39 is 0 Å². The predicted molar refractivity (Wildman–Crippen MR) is 148 cm³/mol. The Morgan fingerprint density at radius 3 is 2.66 bits per heavy atom. The van der Waals surface area contributed by atoms with Crippen molar-refractivity contribution in [1.29, 1.82) is 0 Å². The Labute approximate surface area is 224 Å². The van der Waals surface area contributed by atoms with E-state index in [-0.39, 0.29) is 23.5 Å². The number of aliphatic hydroxyl groups excluding tert-OH is 1. The van der Waals surface area contributed by atoms with Crippen LogP contribution >= 0.6 is 11.3 Å². The fourth-order valence-electron chi connectivity index (χ4n) is 4.86. The molecule has 6 rings (SSSR count). The third kappa shape index (κ3) is 4.23. The van der Waals surface area contributed by atoms with E-state index in [2.05, 4.69) is 47.5 Å². The number of carbonyl (C=O) groups is 1. The van der Waals surface area contributed by atoms with Gasteiger partial charge in [-0.3, -0.25) is 14.7 Å². The van der Waals surface area contributed by atoms with Crippen LogP contribution in [0, 0.1) is 0 Å². The quantitative estimate of drug-likeness (QED) is 0.330. The molecule has 0 radical (unpaired) electrons. The third-order valence-corrected chi connectivity index (χ3v) is 8.72. The molecule has 3 aromatic heterocycles.